The molecule has 0 saturated carbocycles. The van der Waals surface area contributed by atoms with Gasteiger partial charge in [0.05, 0.1) is 5.70 Å². The van der Waals surface area contributed by atoms with Gasteiger partial charge >= 0.3 is 0 Å². The molecular weight excluding hydrogens is 106 g/mol. The fourth-order valence-electron chi connectivity index (χ4n) is 0.461. The van der Waals surface area contributed by atoms with Crippen LogP contribution in [0.15, 0.2) is 11.8 Å². The summed E-state index contributed by atoms with van der Waals surface area (Å²) in [7, 11) is 0. The van der Waals surface area contributed by atoms with E-state index in [1.54, 1.807) is 13.0 Å². The summed E-state index contributed by atoms with van der Waals surface area (Å²) in [6, 6.07) is 0. The van der Waals surface area contributed by atoms with Crippen LogP contribution < -0.4 is 0 Å². The lowest BCUT2D eigenvalue weighted by atomic mass is 10.3. The van der Waals surface area contributed by atoms with Gasteiger partial charge < -0.3 is 0 Å². The average Bonchev–Trinajstić information content (AvgIpc) is 1.69. The zero-order valence-electron chi connectivity index (χ0n) is 5.13. The summed E-state index contributed by atoms with van der Waals surface area (Å²) in [6.07, 6.45) is 2.27. The Labute approximate surface area is 48.8 Å². The molecule has 0 aliphatic heterocycles. The molecule has 0 aromatic carbocycles. The molecule has 2 N–H and O–H groups in total. The van der Waals surface area contributed by atoms with Crippen LogP contribution in [0.3, 0.4) is 0 Å². The van der Waals surface area contributed by atoms with E-state index in [9.17, 15) is 0 Å². The third-order valence-electron chi connectivity index (χ3n) is 0.952. The lowest BCUT2D eigenvalue weighted by Gasteiger charge is -2.08. The van der Waals surface area contributed by atoms with Crippen molar-refractivity contribution in [1.82, 2.24) is 5.23 Å². The Kier molecular flexibility index (Phi) is 3.23. The molecule has 0 spiro atoms. The summed E-state index contributed by atoms with van der Waals surface area (Å²) < 4.78 is 0. The SMILES string of the molecule is CC=C(CC)N(O)O. The van der Waals surface area contributed by atoms with Crippen LogP contribution in [0.2, 0.25) is 0 Å². The number of rotatable bonds is 2. The normalized spacial score (nSPS) is 11.8. The minimum Gasteiger partial charge on any atom is -0.264 e. The fourth-order valence-corrected chi connectivity index (χ4v) is 0.461. The highest BCUT2D eigenvalue weighted by atomic mass is 16.8. The maximum absolute atomic E-state index is 8.33. The zero-order chi connectivity index (χ0) is 6.57. The molecule has 0 aromatic heterocycles. The van der Waals surface area contributed by atoms with Gasteiger partial charge in [0, 0.05) is 0 Å². The molecule has 0 rings (SSSR count). The molecule has 0 saturated heterocycles. The first-order valence-electron chi connectivity index (χ1n) is 2.55. The van der Waals surface area contributed by atoms with E-state index < -0.39 is 0 Å². The second-order valence-corrected chi connectivity index (χ2v) is 1.42. The summed E-state index contributed by atoms with van der Waals surface area (Å²) in [5, 5.41) is 16.8. The minimum atomic E-state index is 0.139. The maximum Gasteiger partial charge on any atom is 0.0671 e. The van der Waals surface area contributed by atoms with Crippen LogP contribution in [0.1, 0.15) is 20.3 Å². The van der Waals surface area contributed by atoms with E-state index in [2.05, 4.69) is 0 Å². The Bertz CT molecular complexity index is 88.4. The molecule has 0 aliphatic rings. The molecule has 0 aliphatic carbocycles. The van der Waals surface area contributed by atoms with Crippen LogP contribution in [-0.4, -0.2) is 15.6 Å². The van der Waals surface area contributed by atoms with Crippen molar-refractivity contribution in [3.63, 3.8) is 0 Å². The number of allylic oxidation sites excluding steroid dienone is 2. The second-order valence-electron chi connectivity index (χ2n) is 1.42. The molecule has 0 atom stereocenters. The van der Waals surface area contributed by atoms with Crippen molar-refractivity contribution in [1.29, 1.82) is 0 Å². The van der Waals surface area contributed by atoms with Gasteiger partial charge in [-0.15, -0.1) is 5.23 Å². The fraction of sp³-hybridized carbons (Fsp3) is 0.600. The molecule has 3 nitrogen and oxygen atoms in total. The van der Waals surface area contributed by atoms with Gasteiger partial charge in [-0.25, -0.2) is 0 Å². The van der Waals surface area contributed by atoms with Crippen molar-refractivity contribution < 1.29 is 10.4 Å². The number of hydrogen-bond acceptors (Lipinski definition) is 3. The Balaban J connectivity index is 3.72. The van der Waals surface area contributed by atoms with Gasteiger partial charge in [-0.05, 0) is 13.3 Å². The molecule has 3 heteroatoms. The Morgan fingerprint density at radius 1 is 1.62 bits per heavy atom. The van der Waals surface area contributed by atoms with Crippen LogP contribution in [-0.2, 0) is 0 Å². The van der Waals surface area contributed by atoms with Crippen LogP contribution in [0.4, 0.5) is 0 Å². The molecule has 0 fully saturated rings. The van der Waals surface area contributed by atoms with Crippen molar-refractivity contribution >= 4 is 0 Å². The van der Waals surface area contributed by atoms with Crippen molar-refractivity contribution in [3.05, 3.63) is 11.8 Å². The van der Waals surface area contributed by atoms with E-state index in [0.717, 1.165) is 0 Å². The predicted octanol–water partition coefficient (Wildman–Crippen LogP) is 1.38. The standard InChI is InChI=1S/C5H11NO2/c1-3-5(4-2)6(7)8/h3,7-8H,4H2,1-2H3. The van der Waals surface area contributed by atoms with Crippen molar-refractivity contribution in [2.24, 2.45) is 0 Å². The van der Waals surface area contributed by atoms with Crippen LogP contribution >= 0.6 is 0 Å². The minimum absolute atomic E-state index is 0.139. The zero-order valence-corrected chi connectivity index (χ0v) is 5.13. The quantitative estimate of drug-likeness (QED) is 0.537. The van der Waals surface area contributed by atoms with Crippen molar-refractivity contribution in [3.8, 4) is 0 Å². The van der Waals surface area contributed by atoms with E-state index in [1.807, 2.05) is 6.92 Å². The summed E-state index contributed by atoms with van der Waals surface area (Å²) in [5.74, 6) is 0. The molecule has 8 heavy (non-hydrogen) atoms. The molecular formula is C5H11NO2. The van der Waals surface area contributed by atoms with Gasteiger partial charge in [0.15, 0.2) is 0 Å². The summed E-state index contributed by atoms with van der Waals surface area (Å²) in [5.41, 5.74) is 0.505. The first kappa shape index (κ1) is 7.46. The van der Waals surface area contributed by atoms with Gasteiger partial charge in [-0.2, -0.15) is 0 Å². The highest BCUT2D eigenvalue weighted by molar-refractivity contribution is 4.91. The highest BCUT2D eigenvalue weighted by Crippen LogP contribution is 2.00. The van der Waals surface area contributed by atoms with Gasteiger partial charge in [0.25, 0.3) is 0 Å². The van der Waals surface area contributed by atoms with E-state index in [-0.39, 0.29) is 5.23 Å². The van der Waals surface area contributed by atoms with E-state index in [1.165, 1.54) is 0 Å². The van der Waals surface area contributed by atoms with Crippen LogP contribution in [0.5, 0.6) is 0 Å². The maximum atomic E-state index is 8.33. The average molecular weight is 117 g/mol. The van der Waals surface area contributed by atoms with Crippen LogP contribution in [0.25, 0.3) is 0 Å². The molecule has 48 valence electrons. The van der Waals surface area contributed by atoms with Gasteiger partial charge in [0.2, 0.25) is 0 Å². The summed E-state index contributed by atoms with van der Waals surface area (Å²) in [6.45, 7) is 3.59. The lowest BCUT2D eigenvalue weighted by Crippen LogP contribution is -2.11. The molecule has 0 bridgehead atoms. The van der Waals surface area contributed by atoms with E-state index in [0.29, 0.717) is 12.1 Å². The third-order valence-corrected chi connectivity index (χ3v) is 0.952. The topological polar surface area (TPSA) is 43.7 Å². The smallest absolute Gasteiger partial charge is 0.0671 e. The van der Waals surface area contributed by atoms with Crippen molar-refractivity contribution in [2.45, 2.75) is 20.3 Å². The Hall–Kier alpha value is -0.540. The summed E-state index contributed by atoms with van der Waals surface area (Å²) >= 11 is 0. The predicted molar refractivity (Wildman–Crippen MR) is 29.5 cm³/mol. The van der Waals surface area contributed by atoms with Crippen LogP contribution in [0, 0.1) is 0 Å². The van der Waals surface area contributed by atoms with Gasteiger partial charge in [-0.1, -0.05) is 13.0 Å². The molecule has 0 radical (unpaired) electrons. The van der Waals surface area contributed by atoms with Gasteiger partial charge in [-0.3, -0.25) is 10.4 Å². The number of hydrogen-bond donors (Lipinski definition) is 2. The van der Waals surface area contributed by atoms with E-state index in [4.69, 9.17) is 10.4 Å². The first-order chi connectivity index (χ1) is 3.72. The molecule has 0 aromatic rings. The largest absolute Gasteiger partial charge is 0.264 e. The summed E-state index contributed by atoms with van der Waals surface area (Å²) in [4.78, 5) is 0. The molecule has 0 amide bonds. The van der Waals surface area contributed by atoms with Crippen molar-refractivity contribution in [2.75, 3.05) is 0 Å². The highest BCUT2D eigenvalue weighted by Gasteiger charge is 1.95. The monoisotopic (exact) mass is 117 g/mol. The van der Waals surface area contributed by atoms with E-state index >= 15 is 0 Å². The number of nitrogens with zero attached hydrogens (tertiary/aromatic N) is 1. The lowest BCUT2D eigenvalue weighted by molar-refractivity contribution is -0.280. The second kappa shape index (κ2) is 3.46. The molecule has 0 heterocycles. The van der Waals surface area contributed by atoms with Gasteiger partial charge in [0.1, 0.15) is 0 Å². The Morgan fingerprint density at radius 2 is 2.12 bits per heavy atom. The third kappa shape index (κ3) is 1.95. The first-order valence-corrected chi connectivity index (χ1v) is 2.55. The number of hydroxylamine groups is 2. The Morgan fingerprint density at radius 3 is 2.12 bits per heavy atom. The molecule has 0 unspecified atom stereocenters.